The largest absolute Gasteiger partial charge is 0.507 e. The standard InChI is InChI=1S/C27H19BrN4O/c28-21-12-13-22-20(15-21)11-14-26(33)23(22)17-29-32-27-30-24(18-7-3-1-4-8-18)16-25(31-27)19-9-5-2-6-10-19/h1-17,33H,(H,30,31,32)/b29-17-. The number of fused-ring (bicyclic) bond motifs is 1. The van der Waals surface area contributed by atoms with Gasteiger partial charge in [0.15, 0.2) is 0 Å². The fourth-order valence-electron chi connectivity index (χ4n) is 3.61. The van der Waals surface area contributed by atoms with Crippen LogP contribution >= 0.6 is 15.9 Å². The van der Waals surface area contributed by atoms with Crippen LogP contribution in [0.5, 0.6) is 5.75 Å². The van der Waals surface area contributed by atoms with Crippen LogP contribution in [0.3, 0.4) is 0 Å². The maximum Gasteiger partial charge on any atom is 0.244 e. The summed E-state index contributed by atoms with van der Waals surface area (Å²) in [6.45, 7) is 0. The third-order valence-corrected chi connectivity index (χ3v) is 5.72. The molecule has 1 aromatic heterocycles. The van der Waals surface area contributed by atoms with Crippen molar-refractivity contribution >= 4 is 38.9 Å². The van der Waals surface area contributed by atoms with Gasteiger partial charge in [-0.05, 0) is 35.0 Å². The third kappa shape index (κ3) is 4.61. The molecule has 5 nitrogen and oxygen atoms in total. The molecule has 0 radical (unpaired) electrons. The zero-order chi connectivity index (χ0) is 22.6. The first-order valence-corrected chi connectivity index (χ1v) is 11.2. The molecule has 33 heavy (non-hydrogen) atoms. The van der Waals surface area contributed by atoms with Gasteiger partial charge in [0.05, 0.1) is 17.6 Å². The Kier molecular flexibility index (Phi) is 5.83. The summed E-state index contributed by atoms with van der Waals surface area (Å²) in [7, 11) is 0. The molecule has 0 atom stereocenters. The van der Waals surface area contributed by atoms with Gasteiger partial charge in [-0.1, -0.05) is 88.7 Å². The van der Waals surface area contributed by atoms with Crippen LogP contribution in [-0.4, -0.2) is 21.3 Å². The van der Waals surface area contributed by atoms with E-state index in [4.69, 9.17) is 0 Å². The van der Waals surface area contributed by atoms with Gasteiger partial charge in [0, 0.05) is 21.2 Å². The number of hydrogen-bond acceptors (Lipinski definition) is 5. The highest BCUT2D eigenvalue weighted by Crippen LogP contribution is 2.28. The van der Waals surface area contributed by atoms with Crippen molar-refractivity contribution in [3.8, 4) is 28.3 Å². The molecule has 0 aliphatic carbocycles. The second-order valence-electron chi connectivity index (χ2n) is 7.43. The first kappa shape index (κ1) is 20.8. The van der Waals surface area contributed by atoms with Gasteiger partial charge in [0.25, 0.3) is 0 Å². The number of rotatable bonds is 5. The monoisotopic (exact) mass is 494 g/mol. The SMILES string of the molecule is Oc1ccc2cc(Br)ccc2c1/C=N\Nc1nc(-c2ccccc2)cc(-c2ccccc2)n1. The summed E-state index contributed by atoms with van der Waals surface area (Å²) < 4.78 is 0.973. The zero-order valence-electron chi connectivity index (χ0n) is 17.5. The lowest BCUT2D eigenvalue weighted by molar-refractivity contribution is 0.475. The fourth-order valence-corrected chi connectivity index (χ4v) is 3.99. The first-order chi connectivity index (χ1) is 16.2. The maximum absolute atomic E-state index is 10.4. The molecule has 0 bridgehead atoms. The molecule has 4 aromatic carbocycles. The van der Waals surface area contributed by atoms with Crippen LogP contribution in [0.4, 0.5) is 5.95 Å². The topological polar surface area (TPSA) is 70.4 Å². The zero-order valence-corrected chi connectivity index (χ0v) is 19.1. The average Bonchev–Trinajstić information content (AvgIpc) is 2.86. The summed E-state index contributed by atoms with van der Waals surface area (Å²) in [4.78, 5) is 9.30. The number of hydrogen-bond donors (Lipinski definition) is 2. The molecule has 0 aliphatic heterocycles. The summed E-state index contributed by atoms with van der Waals surface area (Å²) in [5.41, 5.74) is 7.12. The highest BCUT2D eigenvalue weighted by atomic mass is 79.9. The van der Waals surface area contributed by atoms with Crippen LogP contribution in [0.25, 0.3) is 33.3 Å². The maximum atomic E-state index is 10.4. The molecule has 5 rings (SSSR count). The highest BCUT2D eigenvalue weighted by molar-refractivity contribution is 9.10. The van der Waals surface area contributed by atoms with E-state index in [-0.39, 0.29) is 5.75 Å². The lowest BCUT2D eigenvalue weighted by Gasteiger charge is -2.09. The lowest BCUT2D eigenvalue weighted by atomic mass is 10.0. The van der Waals surface area contributed by atoms with Gasteiger partial charge in [-0.15, -0.1) is 0 Å². The van der Waals surface area contributed by atoms with Crippen molar-refractivity contribution in [2.24, 2.45) is 5.10 Å². The Morgan fingerprint density at radius 3 is 2.03 bits per heavy atom. The number of aromatic nitrogens is 2. The Morgan fingerprint density at radius 1 is 0.758 bits per heavy atom. The van der Waals surface area contributed by atoms with Crippen LogP contribution < -0.4 is 5.43 Å². The van der Waals surface area contributed by atoms with Crippen LogP contribution in [0.1, 0.15) is 5.56 Å². The van der Waals surface area contributed by atoms with E-state index < -0.39 is 0 Å². The molecule has 0 unspecified atom stereocenters. The van der Waals surface area contributed by atoms with Crippen LogP contribution in [0, 0.1) is 0 Å². The summed E-state index contributed by atoms with van der Waals surface area (Å²) in [5.74, 6) is 0.522. The van der Waals surface area contributed by atoms with E-state index >= 15 is 0 Å². The van der Waals surface area contributed by atoms with E-state index in [1.54, 1.807) is 12.3 Å². The number of halogens is 1. The summed E-state index contributed by atoms with van der Waals surface area (Å²) in [6, 6.07) is 31.3. The van der Waals surface area contributed by atoms with E-state index in [1.807, 2.05) is 91.0 Å². The Labute approximate surface area is 199 Å². The molecule has 0 saturated carbocycles. The summed E-state index contributed by atoms with van der Waals surface area (Å²) >= 11 is 3.49. The van der Waals surface area contributed by atoms with E-state index in [9.17, 15) is 5.11 Å². The first-order valence-electron chi connectivity index (χ1n) is 10.4. The number of aromatic hydroxyl groups is 1. The Hall–Kier alpha value is -4.03. The van der Waals surface area contributed by atoms with Crippen molar-refractivity contribution in [3.63, 3.8) is 0 Å². The molecule has 5 aromatic rings. The molecule has 0 fully saturated rings. The van der Waals surface area contributed by atoms with Gasteiger partial charge >= 0.3 is 0 Å². The van der Waals surface area contributed by atoms with Crippen molar-refractivity contribution in [2.45, 2.75) is 0 Å². The van der Waals surface area contributed by atoms with Crippen LogP contribution in [-0.2, 0) is 0 Å². The van der Waals surface area contributed by atoms with Crippen molar-refractivity contribution in [3.05, 3.63) is 107 Å². The minimum atomic E-state index is 0.152. The predicted octanol–water partition coefficient (Wildman–Crippen LogP) is 6.88. The van der Waals surface area contributed by atoms with Gasteiger partial charge in [-0.3, -0.25) is 0 Å². The number of anilines is 1. The number of nitrogens with one attached hydrogen (secondary N) is 1. The average molecular weight is 495 g/mol. The minimum absolute atomic E-state index is 0.152. The Balaban J connectivity index is 1.52. The molecule has 0 aliphatic rings. The number of hydrazone groups is 1. The Morgan fingerprint density at radius 2 is 1.39 bits per heavy atom. The van der Waals surface area contributed by atoms with Crippen molar-refractivity contribution in [1.29, 1.82) is 0 Å². The molecule has 6 heteroatoms. The molecule has 0 amide bonds. The van der Waals surface area contributed by atoms with Crippen molar-refractivity contribution in [2.75, 3.05) is 5.43 Å². The van der Waals surface area contributed by atoms with Gasteiger partial charge < -0.3 is 5.11 Å². The van der Waals surface area contributed by atoms with Gasteiger partial charge in [0.1, 0.15) is 5.75 Å². The van der Waals surface area contributed by atoms with Crippen molar-refractivity contribution in [1.82, 2.24) is 9.97 Å². The molecular weight excluding hydrogens is 476 g/mol. The minimum Gasteiger partial charge on any atom is -0.507 e. The van der Waals surface area contributed by atoms with Gasteiger partial charge in [0.2, 0.25) is 5.95 Å². The number of phenols is 1. The van der Waals surface area contributed by atoms with Gasteiger partial charge in [-0.25, -0.2) is 15.4 Å². The molecule has 1 heterocycles. The van der Waals surface area contributed by atoms with Crippen LogP contribution in [0.2, 0.25) is 0 Å². The predicted molar refractivity (Wildman–Crippen MR) is 137 cm³/mol. The quantitative estimate of drug-likeness (QED) is 0.206. The van der Waals surface area contributed by atoms with Crippen LogP contribution in [0.15, 0.2) is 107 Å². The molecule has 160 valence electrons. The second kappa shape index (κ2) is 9.22. The number of nitrogens with zero attached hydrogens (tertiary/aromatic N) is 3. The number of benzene rings is 4. The van der Waals surface area contributed by atoms with E-state index in [1.165, 1.54) is 0 Å². The Bertz CT molecular complexity index is 1400. The van der Waals surface area contributed by atoms with Gasteiger partial charge in [-0.2, -0.15) is 5.10 Å². The number of phenolic OH excluding ortho intramolecular Hbond substituents is 1. The lowest BCUT2D eigenvalue weighted by Crippen LogP contribution is -2.00. The van der Waals surface area contributed by atoms with Crippen molar-refractivity contribution < 1.29 is 5.11 Å². The fraction of sp³-hybridized carbons (Fsp3) is 0. The molecule has 2 N–H and O–H groups in total. The normalized spacial score (nSPS) is 11.2. The highest BCUT2D eigenvalue weighted by Gasteiger charge is 2.09. The summed E-state index contributed by atoms with van der Waals surface area (Å²) in [6.07, 6.45) is 1.59. The van der Waals surface area contributed by atoms with E-state index in [0.29, 0.717) is 11.5 Å². The van der Waals surface area contributed by atoms with E-state index in [2.05, 4.69) is 36.4 Å². The molecular formula is C27H19BrN4O. The summed E-state index contributed by atoms with van der Waals surface area (Å²) in [5, 5.41) is 16.6. The third-order valence-electron chi connectivity index (χ3n) is 5.22. The van der Waals surface area contributed by atoms with E-state index in [0.717, 1.165) is 37.8 Å². The smallest absolute Gasteiger partial charge is 0.244 e. The molecule has 0 saturated heterocycles. The second-order valence-corrected chi connectivity index (χ2v) is 8.34. The molecule has 0 spiro atoms.